The normalized spacial score (nSPS) is 11.8. The summed E-state index contributed by atoms with van der Waals surface area (Å²) in [4.78, 5) is 16.7. The smallest absolute Gasteiger partial charge is 0.250 e. The molecule has 0 spiro atoms. The number of anilines is 1. The minimum atomic E-state index is -3.46. The topological polar surface area (TPSA) is 79.4 Å². The van der Waals surface area contributed by atoms with Crippen LogP contribution in [-0.2, 0) is 14.8 Å². The number of rotatable bonds is 6. The van der Waals surface area contributed by atoms with Crippen molar-refractivity contribution < 1.29 is 13.2 Å². The molecule has 0 unspecified atom stereocenters. The van der Waals surface area contributed by atoms with E-state index in [1.54, 1.807) is 30.3 Å². The van der Waals surface area contributed by atoms with Gasteiger partial charge in [0, 0.05) is 31.1 Å². The molecule has 0 atom stereocenters. The van der Waals surface area contributed by atoms with Gasteiger partial charge < -0.3 is 0 Å². The molecule has 3 rings (SSSR count). The molecule has 2 aromatic carbocycles. The molecule has 0 saturated carbocycles. The third-order valence-corrected chi connectivity index (χ3v) is 6.48. The molecule has 6 nitrogen and oxygen atoms in total. The fourth-order valence-electron chi connectivity index (χ4n) is 2.36. The van der Waals surface area contributed by atoms with Gasteiger partial charge >= 0.3 is 0 Å². The molecule has 8 heteroatoms. The molecule has 1 N–H and O–H groups in total. The Balaban J connectivity index is 1.68. The number of amides is 1. The number of carbonyl (C=O) groups is 1. The van der Waals surface area contributed by atoms with E-state index in [0.29, 0.717) is 10.8 Å². The monoisotopic (exact) mass is 413 g/mol. The molecule has 1 heterocycles. The Hall–Kier alpha value is -2.81. The van der Waals surface area contributed by atoms with Gasteiger partial charge in [-0.25, -0.2) is 17.7 Å². The fourth-order valence-corrected chi connectivity index (χ4v) is 3.98. The van der Waals surface area contributed by atoms with Gasteiger partial charge in [-0.1, -0.05) is 42.5 Å². The van der Waals surface area contributed by atoms with Crippen LogP contribution in [0.3, 0.4) is 0 Å². The van der Waals surface area contributed by atoms with E-state index in [-0.39, 0.29) is 10.8 Å². The Morgan fingerprint density at radius 3 is 2.39 bits per heavy atom. The molecule has 0 saturated heterocycles. The second-order valence-corrected chi connectivity index (χ2v) is 9.09. The highest BCUT2D eigenvalue weighted by Gasteiger charge is 2.17. The molecule has 0 aliphatic carbocycles. The first-order valence-electron chi connectivity index (χ1n) is 8.39. The van der Waals surface area contributed by atoms with E-state index in [2.05, 4.69) is 10.3 Å². The highest BCUT2D eigenvalue weighted by atomic mass is 32.2. The maximum absolute atomic E-state index is 12.1. The maximum Gasteiger partial charge on any atom is 0.250 e. The number of sulfonamides is 1. The van der Waals surface area contributed by atoms with E-state index in [1.165, 1.54) is 35.8 Å². The van der Waals surface area contributed by atoms with Gasteiger partial charge in [-0.15, -0.1) is 11.3 Å². The van der Waals surface area contributed by atoms with Gasteiger partial charge in [0.05, 0.1) is 10.6 Å². The summed E-state index contributed by atoms with van der Waals surface area (Å²) in [5, 5.41) is 5.02. The van der Waals surface area contributed by atoms with Crippen molar-refractivity contribution in [2.45, 2.75) is 4.90 Å². The number of nitrogens with zero attached hydrogens (tertiary/aromatic N) is 2. The average molecular weight is 414 g/mol. The van der Waals surface area contributed by atoms with Gasteiger partial charge in [0.15, 0.2) is 5.13 Å². The Morgan fingerprint density at radius 2 is 1.75 bits per heavy atom. The van der Waals surface area contributed by atoms with E-state index in [4.69, 9.17) is 0 Å². The molecule has 0 aliphatic rings. The molecule has 0 bridgehead atoms. The Bertz CT molecular complexity index is 1090. The predicted molar refractivity (Wildman–Crippen MR) is 113 cm³/mol. The van der Waals surface area contributed by atoms with Gasteiger partial charge in [0.1, 0.15) is 0 Å². The van der Waals surface area contributed by atoms with Gasteiger partial charge in [0.25, 0.3) is 0 Å². The number of benzene rings is 2. The van der Waals surface area contributed by atoms with Crippen molar-refractivity contribution in [3.63, 3.8) is 0 Å². The van der Waals surface area contributed by atoms with E-state index in [0.717, 1.165) is 11.1 Å². The second-order valence-electron chi connectivity index (χ2n) is 6.08. The highest BCUT2D eigenvalue weighted by Crippen LogP contribution is 2.26. The van der Waals surface area contributed by atoms with Crippen molar-refractivity contribution in [1.29, 1.82) is 0 Å². The predicted octanol–water partition coefficient (Wildman–Crippen LogP) is 3.71. The minimum Gasteiger partial charge on any atom is -0.298 e. The van der Waals surface area contributed by atoms with Gasteiger partial charge in [-0.2, -0.15) is 0 Å². The van der Waals surface area contributed by atoms with E-state index < -0.39 is 10.0 Å². The Kier molecular flexibility index (Phi) is 6.03. The summed E-state index contributed by atoms with van der Waals surface area (Å²) in [5.41, 5.74) is 2.38. The number of carbonyl (C=O) groups excluding carboxylic acids is 1. The van der Waals surface area contributed by atoms with E-state index >= 15 is 0 Å². The van der Waals surface area contributed by atoms with Crippen LogP contribution >= 0.6 is 11.3 Å². The van der Waals surface area contributed by atoms with Crippen LogP contribution in [0.25, 0.3) is 17.3 Å². The highest BCUT2D eigenvalue weighted by molar-refractivity contribution is 7.89. The summed E-state index contributed by atoms with van der Waals surface area (Å²) >= 11 is 1.31. The van der Waals surface area contributed by atoms with Crippen LogP contribution in [-0.4, -0.2) is 37.7 Å². The van der Waals surface area contributed by atoms with Gasteiger partial charge in [0.2, 0.25) is 15.9 Å². The number of aromatic nitrogens is 1. The molecule has 0 radical (unpaired) electrons. The second kappa shape index (κ2) is 8.47. The number of hydrogen-bond donors (Lipinski definition) is 1. The van der Waals surface area contributed by atoms with Gasteiger partial charge in [-0.05, 0) is 23.8 Å². The number of nitrogens with one attached hydrogen (secondary N) is 1. The van der Waals surface area contributed by atoms with Crippen LogP contribution < -0.4 is 5.32 Å². The molecule has 1 amide bonds. The standard InChI is InChI=1S/C20H19N3O3S2/c1-23(2)28(25,26)17-11-9-16(10-12-17)18-14-27-20(21-18)22-19(24)13-8-15-6-4-3-5-7-15/h3-14H,1-2H3,(H,21,22,24)/b13-8+. The summed E-state index contributed by atoms with van der Waals surface area (Å²) < 4.78 is 25.4. The molecule has 3 aromatic rings. The van der Waals surface area contributed by atoms with Crippen LogP contribution in [0.15, 0.2) is 70.9 Å². The van der Waals surface area contributed by atoms with Gasteiger partial charge in [-0.3, -0.25) is 10.1 Å². The van der Waals surface area contributed by atoms with Crippen LogP contribution in [0.5, 0.6) is 0 Å². The lowest BCUT2D eigenvalue weighted by Crippen LogP contribution is -2.22. The quantitative estimate of drug-likeness (QED) is 0.625. The molecular weight excluding hydrogens is 394 g/mol. The lowest BCUT2D eigenvalue weighted by Gasteiger charge is -2.11. The van der Waals surface area contributed by atoms with Crippen molar-refractivity contribution >= 4 is 38.5 Å². The lowest BCUT2D eigenvalue weighted by atomic mass is 10.2. The molecule has 1 aromatic heterocycles. The molecule has 28 heavy (non-hydrogen) atoms. The van der Waals surface area contributed by atoms with Crippen molar-refractivity contribution in [2.75, 3.05) is 19.4 Å². The minimum absolute atomic E-state index is 0.219. The molecule has 0 aliphatic heterocycles. The lowest BCUT2D eigenvalue weighted by molar-refractivity contribution is -0.111. The van der Waals surface area contributed by atoms with Crippen LogP contribution in [0.4, 0.5) is 5.13 Å². The summed E-state index contributed by atoms with van der Waals surface area (Å²) in [6.07, 6.45) is 3.19. The summed E-state index contributed by atoms with van der Waals surface area (Å²) in [5.74, 6) is -0.267. The summed E-state index contributed by atoms with van der Waals surface area (Å²) in [6.45, 7) is 0. The Labute approximate surface area is 168 Å². The van der Waals surface area contributed by atoms with E-state index in [9.17, 15) is 13.2 Å². The van der Waals surface area contributed by atoms with Crippen molar-refractivity contribution in [3.8, 4) is 11.3 Å². The SMILES string of the molecule is CN(C)S(=O)(=O)c1ccc(-c2csc(NC(=O)/C=C/c3ccccc3)n2)cc1. The summed E-state index contributed by atoms with van der Waals surface area (Å²) in [7, 11) is -0.483. The number of thiazole rings is 1. The van der Waals surface area contributed by atoms with Crippen LogP contribution in [0.2, 0.25) is 0 Å². The molecule has 144 valence electrons. The fraction of sp³-hybridized carbons (Fsp3) is 0.100. The zero-order chi connectivity index (χ0) is 20.1. The first-order chi connectivity index (χ1) is 13.4. The summed E-state index contributed by atoms with van der Waals surface area (Å²) in [6, 6.07) is 16.0. The first-order valence-corrected chi connectivity index (χ1v) is 10.7. The largest absolute Gasteiger partial charge is 0.298 e. The maximum atomic E-state index is 12.1. The average Bonchev–Trinajstić information content (AvgIpc) is 3.15. The van der Waals surface area contributed by atoms with Crippen LogP contribution in [0, 0.1) is 0 Å². The third-order valence-electron chi connectivity index (χ3n) is 3.89. The number of hydrogen-bond acceptors (Lipinski definition) is 5. The van der Waals surface area contributed by atoms with Crippen molar-refractivity contribution in [2.24, 2.45) is 0 Å². The van der Waals surface area contributed by atoms with E-state index in [1.807, 2.05) is 35.7 Å². The Morgan fingerprint density at radius 1 is 1.07 bits per heavy atom. The zero-order valence-corrected chi connectivity index (χ0v) is 17.0. The molecular formula is C20H19N3O3S2. The first kappa shape index (κ1) is 19.9. The van der Waals surface area contributed by atoms with Crippen molar-refractivity contribution in [1.82, 2.24) is 9.29 Å². The zero-order valence-electron chi connectivity index (χ0n) is 15.4. The third kappa shape index (κ3) is 4.72. The molecule has 0 fully saturated rings. The van der Waals surface area contributed by atoms with Crippen LogP contribution in [0.1, 0.15) is 5.56 Å². The van der Waals surface area contributed by atoms with Crippen molar-refractivity contribution in [3.05, 3.63) is 71.6 Å².